The topological polar surface area (TPSA) is 49.4 Å². The number of nitrogens with one attached hydrogen (secondary N) is 1. The minimum atomic E-state index is -0.359. The van der Waals surface area contributed by atoms with Gasteiger partial charge in [-0.05, 0) is 30.7 Å². The number of urea groups is 1. The van der Waals surface area contributed by atoms with E-state index in [2.05, 4.69) is 19.2 Å². The van der Waals surface area contributed by atoms with Gasteiger partial charge in [-0.15, -0.1) is 0 Å². The summed E-state index contributed by atoms with van der Waals surface area (Å²) in [5, 5.41) is 2.82. The Morgan fingerprint density at radius 1 is 1.19 bits per heavy atom. The highest BCUT2D eigenvalue weighted by Gasteiger charge is 2.41. The standard InChI is InChI=1S/C17H24N2O2/c1-4-14(11-13-8-6-5-7-9-13)19-16(20)15(10-12(2)3)18-17(19)21/h5-9,12,14-15H,4,10-11H2,1-3H3,(H,18,21)/t14?,15-/m0/s1. The van der Waals surface area contributed by atoms with Gasteiger partial charge in [-0.1, -0.05) is 51.1 Å². The highest BCUT2D eigenvalue weighted by Crippen LogP contribution is 2.20. The molecule has 21 heavy (non-hydrogen) atoms. The third kappa shape index (κ3) is 3.63. The van der Waals surface area contributed by atoms with E-state index in [0.717, 1.165) is 12.0 Å². The predicted molar refractivity (Wildman–Crippen MR) is 82.8 cm³/mol. The summed E-state index contributed by atoms with van der Waals surface area (Å²) in [5.41, 5.74) is 1.15. The molecule has 0 aliphatic carbocycles. The first kappa shape index (κ1) is 15.5. The summed E-state index contributed by atoms with van der Waals surface area (Å²) in [7, 11) is 0. The molecule has 0 aromatic heterocycles. The van der Waals surface area contributed by atoms with E-state index in [1.54, 1.807) is 0 Å². The number of benzene rings is 1. The lowest BCUT2D eigenvalue weighted by atomic mass is 10.0. The van der Waals surface area contributed by atoms with E-state index in [0.29, 0.717) is 18.8 Å². The van der Waals surface area contributed by atoms with Gasteiger partial charge in [0.15, 0.2) is 0 Å². The van der Waals surface area contributed by atoms with Crippen molar-refractivity contribution in [2.24, 2.45) is 5.92 Å². The molecule has 1 saturated heterocycles. The second kappa shape index (κ2) is 6.74. The van der Waals surface area contributed by atoms with E-state index >= 15 is 0 Å². The fraction of sp³-hybridized carbons (Fsp3) is 0.529. The Bertz CT molecular complexity index is 499. The second-order valence-electron chi connectivity index (χ2n) is 6.09. The maximum atomic E-state index is 12.5. The van der Waals surface area contributed by atoms with Crippen LogP contribution in [0.15, 0.2) is 30.3 Å². The van der Waals surface area contributed by atoms with Gasteiger partial charge in [-0.3, -0.25) is 9.69 Å². The molecule has 1 aliphatic rings. The van der Waals surface area contributed by atoms with Crippen molar-refractivity contribution < 1.29 is 9.59 Å². The van der Waals surface area contributed by atoms with Crippen LogP contribution in [0, 0.1) is 5.92 Å². The lowest BCUT2D eigenvalue weighted by molar-refractivity contribution is -0.129. The second-order valence-corrected chi connectivity index (χ2v) is 6.09. The number of carbonyl (C=O) groups is 2. The van der Waals surface area contributed by atoms with Crippen molar-refractivity contribution >= 4 is 11.9 Å². The van der Waals surface area contributed by atoms with Gasteiger partial charge in [0.2, 0.25) is 0 Å². The summed E-state index contributed by atoms with van der Waals surface area (Å²) in [6.45, 7) is 6.14. The van der Waals surface area contributed by atoms with Crippen molar-refractivity contribution in [1.82, 2.24) is 10.2 Å². The molecule has 0 saturated carbocycles. The number of hydrogen-bond donors (Lipinski definition) is 1. The molecule has 1 aliphatic heterocycles. The van der Waals surface area contributed by atoms with Gasteiger partial charge in [0.25, 0.3) is 5.91 Å². The third-order valence-corrected chi connectivity index (χ3v) is 3.91. The van der Waals surface area contributed by atoms with Crippen molar-refractivity contribution in [1.29, 1.82) is 0 Å². The average molecular weight is 288 g/mol. The molecule has 114 valence electrons. The molecular formula is C17H24N2O2. The smallest absolute Gasteiger partial charge is 0.325 e. The van der Waals surface area contributed by atoms with Crippen LogP contribution in [0.1, 0.15) is 39.2 Å². The Morgan fingerprint density at radius 2 is 1.86 bits per heavy atom. The molecule has 0 radical (unpaired) electrons. The molecule has 1 aromatic carbocycles. The zero-order valence-corrected chi connectivity index (χ0v) is 13.0. The summed E-state index contributed by atoms with van der Waals surface area (Å²) in [6.07, 6.45) is 2.18. The lowest BCUT2D eigenvalue weighted by Crippen LogP contribution is -2.42. The normalized spacial score (nSPS) is 20.0. The van der Waals surface area contributed by atoms with Crippen LogP contribution < -0.4 is 5.32 Å². The van der Waals surface area contributed by atoms with Crippen LogP contribution in [0.25, 0.3) is 0 Å². The van der Waals surface area contributed by atoms with Crippen molar-refractivity contribution in [2.45, 2.75) is 52.1 Å². The minimum absolute atomic E-state index is 0.0722. The average Bonchev–Trinajstić information content (AvgIpc) is 2.72. The van der Waals surface area contributed by atoms with Crippen LogP contribution in [0.2, 0.25) is 0 Å². The highest BCUT2D eigenvalue weighted by atomic mass is 16.2. The summed E-state index contributed by atoms with van der Waals surface area (Å²) < 4.78 is 0. The van der Waals surface area contributed by atoms with Crippen LogP contribution in [-0.2, 0) is 11.2 Å². The number of amides is 3. The molecule has 1 N–H and O–H groups in total. The number of nitrogens with zero attached hydrogens (tertiary/aromatic N) is 1. The monoisotopic (exact) mass is 288 g/mol. The molecule has 2 rings (SSSR count). The first-order valence-corrected chi connectivity index (χ1v) is 7.70. The number of hydrogen-bond acceptors (Lipinski definition) is 2. The van der Waals surface area contributed by atoms with Gasteiger partial charge in [0.05, 0.1) is 0 Å². The molecule has 1 fully saturated rings. The molecule has 3 amide bonds. The number of carbonyl (C=O) groups excluding carboxylic acids is 2. The molecule has 2 atom stereocenters. The molecule has 0 bridgehead atoms. The summed E-state index contributed by atoms with van der Waals surface area (Å²) in [4.78, 5) is 26.1. The Hall–Kier alpha value is -1.84. The van der Waals surface area contributed by atoms with E-state index < -0.39 is 0 Å². The van der Waals surface area contributed by atoms with E-state index in [-0.39, 0.29) is 24.0 Å². The Labute approximate surface area is 126 Å². The zero-order valence-electron chi connectivity index (χ0n) is 13.0. The van der Waals surface area contributed by atoms with Gasteiger partial charge < -0.3 is 5.32 Å². The van der Waals surface area contributed by atoms with Crippen molar-refractivity contribution in [3.05, 3.63) is 35.9 Å². The first-order chi connectivity index (χ1) is 10.0. The summed E-state index contributed by atoms with van der Waals surface area (Å²) in [6, 6.07) is 9.33. The van der Waals surface area contributed by atoms with Gasteiger partial charge >= 0.3 is 6.03 Å². The Morgan fingerprint density at radius 3 is 2.43 bits per heavy atom. The van der Waals surface area contributed by atoms with E-state index in [9.17, 15) is 9.59 Å². The van der Waals surface area contributed by atoms with Crippen LogP contribution in [0.4, 0.5) is 4.79 Å². The van der Waals surface area contributed by atoms with E-state index in [1.165, 1.54) is 4.90 Å². The van der Waals surface area contributed by atoms with Crippen LogP contribution in [-0.4, -0.2) is 28.9 Å². The largest absolute Gasteiger partial charge is 0.326 e. The van der Waals surface area contributed by atoms with Gasteiger partial charge in [-0.25, -0.2) is 4.79 Å². The lowest BCUT2D eigenvalue weighted by Gasteiger charge is -2.24. The van der Waals surface area contributed by atoms with Crippen LogP contribution in [0.3, 0.4) is 0 Å². The number of imide groups is 1. The van der Waals surface area contributed by atoms with Crippen molar-refractivity contribution in [2.75, 3.05) is 0 Å². The molecule has 1 unspecified atom stereocenters. The van der Waals surface area contributed by atoms with E-state index in [1.807, 2.05) is 37.3 Å². The Kier molecular flexibility index (Phi) is 4.99. The number of rotatable bonds is 6. The fourth-order valence-electron chi connectivity index (χ4n) is 2.83. The molecule has 1 aromatic rings. The first-order valence-electron chi connectivity index (χ1n) is 7.70. The molecule has 4 nitrogen and oxygen atoms in total. The molecule has 1 heterocycles. The molecule has 4 heteroatoms. The van der Waals surface area contributed by atoms with Crippen LogP contribution in [0.5, 0.6) is 0 Å². The summed E-state index contributed by atoms with van der Waals surface area (Å²) in [5.74, 6) is 0.310. The quantitative estimate of drug-likeness (QED) is 0.818. The van der Waals surface area contributed by atoms with Crippen LogP contribution >= 0.6 is 0 Å². The van der Waals surface area contributed by atoms with E-state index in [4.69, 9.17) is 0 Å². The van der Waals surface area contributed by atoms with Crippen molar-refractivity contribution in [3.63, 3.8) is 0 Å². The molecular weight excluding hydrogens is 264 g/mol. The van der Waals surface area contributed by atoms with Crippen molar-refractivity contribution in [3.8, 4) is 0 Å². The molecule has 0 spiro atoms. The maximum absolute atomic E-state index is 12.5. The van der Waals surface area contributed by atoms with Gasteiger partial charge in [-0.2, -0.15) is 0 Å². The fourth-order valence-corrected chi connectivity index (χ4v) is 2.83. The zero-order chi connectivity index (χ0) is 15.4. The summed E-state index contributed by atoms with van der Waals surface area (Å²) >= 11 is 0. The predicted octanol–water partition coefficient (Wildman–Crippen LogP) is 2.97. The minimum Gasteiger partial charge on any atom is -0.326 e. The maximum Gasteiger partial charge on any atom is 0.325 e. The van der Waals surface area contributed by atoms with Gasteiger partial charge in [0, 0.05) is 6.04 Å². The highest BCUT2D eigenvalue weighted by molar-refractivity contribution is 6.04. The Balaban J connectivity index is 2.10. The third-order valence-electron chi connectivity index (χ3n) is 3.91. The SMILES string of the molecule is CCC(Cc1ccccc1)N1C(=O)N[C@@H](CC(C)C)C1=O. The van der Waals surface area contributed by atoms with Gasteiger partial charge in [0.1, 0.15) is 6.04 Å².